The first-order chi connectivity index (χ1) is 9.88. The highest BCUT2D eigenvalue weighted by Crippen LogP contribution is 2.28. The zero-order valence-electron chi connectivity index (χ0n) is 10.3. The molecule has 0 aliphatic carbocycles. The summed E-state index contributed by atoms with van der Waals surface area (Å²) in [4.78, 5) is 22.3. The number of carbonyl (C=O) groups is 1. The lowest BCUT2D eigenvalue weighted by Gasteiger charge is -2.08. The van der Waals surface area contributed by atoms with Gasteiger partial charge in [0.05, 0.1) is 10.5 Å². The van der Waals surface area contributed by atoms with E-state index in [0.29, 0.717) is 15.7 Å². The Morgan fingerprint density at radius 2 is 2.00 bits per heavy atom. The van der Waals surface area contributed by atoms with Gasteiger partial charge in [-0.2, -0.15) is 0 Å². The third-order valence-corrected chi connectivity index (χ3v) is 4.24. The van der Waals surface area contributed by atoms with Crippen LogP contribution in [0.2, 0.25) is 5.02 Å². The molecule has 2 aromatic carbocycles. The second-order valence-corrected chi connectivity index (χ2v) is 6.51. The van der Waals surface area contributed by atoms with E-state index in [1.54, 1.807) is 12.1 Å². The second kappa shape index (κ2) is 6.71. The van der Waals surface area contributed by atoms with Gasteiger partial charge in [0.2, 0.25) is 0 Å². The van der Waals surface area contributed by atoms with Crippen molar-refractivity contribution in [2.24, 2.45) is 0 Å². The maximum atomic E-state index is 12.2. The quantitative estimate of drug-likeness (QED) is 0.386. The Labute approximate surface area is 147 Å². The fourth-order valence-corrected chi connectivity index (χ4v) is 2.77. The molecule has 2 aromatic rings. The first-order valence-corrected chi connectivity index (χ1v) is 7.84. The normalized spacial score (nSPS) is 10.2. The van der Waals surface area contributed by atoms with Crippen molar-refractivity contribution in [2.45, 2.75) is 0 Å². The van der Waals surface area contributed by atoms with Crippen LogP contribution in [-0.2, 0) is 0 Å². The van der Waals surface area contributed by atoms with Crippen LogP contribution in [0.15, 0.2) is 40.9 Å². The fourth-order valence-electron chi connectivity index (χ4n) is 1.60. The summed E-state index contributed by atoms with van der Waals surface area (Å²) in [7, 11) is 0. The van der Waals surface area contributed by atoms with Crippen LogP contribution in [0.3, 0.4) is 0 Å². The summed E-state index contributed by atoms with van der Waals surface area (Å²) in [5.74, 6) is -0.328. The Hall–Kier alpha value is -1.19. The molecule has 1 amide bonds. The molecule has 8 heteroatoms. The largest absolute Gasteiger partial charge is 0.322 e. The van der Waals surface area contributed by atoms with Crippen molar-refractivity contribution in [3.8, 4) is 0 Å². The van der Waals surface area contributed by atoms with Gasteiger partial charge in [0.15, 0.2) is 0 Å². The molecule has 0 aliphatic heterocycles. The molecule has 0 heterocycles. The van der Waals surface area contributed by atoms with Crippen molar-refractivity contribution in [1.29, 1.82) is 0 Å². The Morgan fingerprint density at radius 3 is 2.62 bits per heavy atom. The predicted octanol–water partition coefficient (Wildman–Crippen LogP) is 4.87. The summed E-state index contributed by atoms with van der Waals surface area (Å²) in [6, 6.07) is 9.40. The topological polar surface area (TPSA) is 72.2 Å². The van der Waals surface area contributed by atoms with Crippen LogP contribution in [0.5, 0.6) is 0 Å². The van der Waals surface area contributed by atoms with Gasteiger partial charge in [-0.25, -0.2) is 0 Å². The molecule has 5 nitrogen and oxygen atoms in total. The highest BCUT2D eigenvalue weighted by molar-refractivity contribution is 14.1. The van der Waals surface area contributed by atoms with E-state index in [-0.39, 0.29) is 16.6 Å². The maximum absolute atomic E-state index is 12.2. The van der Waals surface area contributed by atoms with Crippen molar-refractivity contribution in [1.82, 2.24) is 0 Å². The third kappa shape index (κ3) is 3.92. The molecule has 1 N–H and O–H groups in total. The number of anilines is 1. The minimum atomic E-state index is -0.579. The van der Waals surface area contributed by atoms with Gasteiger partial charge >= 0.3 is 0 Å². The molecule has 21 heavy (non-hydrogen) atoms. The van der Waals surface area contributed by atoms with Crippen LogP contribution >= 0.6 is 50.1 Å². The van der Waals surface area contributed by atoms with Crippen LogP contribution < -0.4 is 5.32 Å². The van der Waals surface area contributed by atoms with Gasteiger partial charge in [-0.15, -0.1) is 0 Å². The number of halogens is 3. The Kier molecular flexibility index (Phi) is 5.17. The molecular formula is C13H7BrClIN2O3. The van der Waals surface area contributed by atoms with Crippen molar-refractivity contribution in [3.63, 3.8) is 0 Å². The zero-order chi connectivity index (χ0) is 15.6. The third-order valence-electron chi connectivity index (χ3n) is 2.58. The van der Waals surface area contributed by atoms with Crippen LogP contribution in [0.1, 0.15) is 10.4 Å². The fraction of sp³-hybridized carbons (Fsp3) is 0. The molecule has 0 saturated carbocycles. The number of nitro benzene ring substituents is 1. The minimum Gasteiger partial charge on any atom is -0.322 e. The van der Waals surface area contributed by atoms with E-state index in [9.17, 15) is 14.9 Å². The van der Waals surface area contributed by atoms with Gasteiger partial charge in [-0.1, -0.05) is 11.6 Å². The van der Waals surface area contributed by atoms with E-state index in [1.807, 2.05) is 6.07 Å². The zero-order valence-corrected chi connectivity index (χ0v) is 14.8. The number of benzene rings is 2. The summed E-state index contributed by atoms with van der Waals surface area (Å²) in [6.45, 7) is 0. The van der Waals surface area contributed by atoms with E-state index >= 15 is 0 Å². The molecule has 0 aliphatic rings. The number of amides is 1. The standard InChI is InChI=1S/C13H7BrClIN2O3/c14-10-3-1-7(16)5-9(10)13(19)17-8-2-4-12(18(20)21)11(15)6-8/h1-6H,(H,17,19). The average molecular weight is 481 g/mol. The number of nitrogens with one attached hydrogen (secondary N) is 1. The molecule has 0 aromatic heterocycles. The smallest absolute Gasteiger partial charge is 0.288 e. The maximum Gasteiger partial charge on any atom is 0.288 e. The van der Waals surface area contributed by atoms with Crippen molar-refractivity contribution in [2.75, 3.05) is 5.32 Å². The lowest BCUT2D eigenvalue weighted by molar-refractivity contribution is -0.384. The van der Waals surface area contributed by atoms with Gasteiger partial charge in [-0.05, 0) is 68.9 Å². The summed E-state index contributed by atoms with van der Waals surface area (Å²) in [6.07, 6.45) is 0. The Balaban J connectivity index is 2.26. The Morgan fingerprint density at radius 1 is 1.29 bits per heavy atom. The van der Waals surface area contributed by atoms with Crippen molar-refractivity contribution >= 4 is 67.4 Å². The molecule has 108 valence electrons. The molecule has 0 radical (unpaired) electrons. The monoisotopic (exact) mass is 480 g/mol. The van der Waals surface area contributed by atoms with Gasteiger partial charge in [0.1, 0.15) is 5.02 Å². The number of hydrogen-bond acceptors (Lipinski definition) is 3. The molecule has 0 unspecified atom stereocenters. The lowest BCUT2D eigenvalue weighted by atomic mass is 10.2. The van der Waals surface area contributed by atoms with Crippen LogP contribution in [0.25, 0.3) is 0 Å². The number of nitro groups is 1. The highest BCUT2D eigenvalue weighted by Gasteiger charge is 2.15. The first kappa shape index (κ1) is 16.2. The first-order valence-electron chi connectivity index (χ1n) is 5.59. The van der Waals surface area contributed by atoms with E-state index < -0.39 is 4.92 Å². The summed E-state index contributed by atoms with van der Waals surface area (Å²) in [5.41, 5.74) is 0.655. The SMILES string of the molecule is O=C(Nc1ccc([N+](=O)[O-])c(Cl)c1)c1cc(I)ccc1Br. The molecule has 0 atom stereocenters. The van der Waals surface area contributed by atoms with E-state index in [0.717, 1.165) is 3.57 Å². The Bertz CT molecular complexity index is 739. The van der Waals surface area contributed by atoms with E-state index in [1.165, 1.54) is 18.2 Å². The molecule has 0 fully saturated rings. The molecule has 0 spiro atoms. The van der Waals surface area contributed by atoms with E-state index in [4.69, 9.17) is 11.6 Å². The number of carbonyl (C=O) groups excluding carboxylic acids is 1. The van der Waals surface area contributed by atoms with Gasteiger partial charge < -0.3 is 5.32 Å². The van der Waals surface area contributed by atoms with Crippen LogP contribution in [0.4, 0.5) is 11.4 Å². The number of hydrogen-bond donors (Lipinski definition) is 1. The van der Waals surface area contributed by atoms with E-state index in [2.05, 4.69) is 43.8 Å². The molecule has 2 rings (SSSR count). The molecular weight excluding hydrogens is 474 g/mol. The summed E-state index contributed by atoms with van der Waals surface area (Å²) in [5, 5.41) is 13.3. The van der Waals surface area contributed by atoms with Crippen molar-refractivity contribution in [3.05, 3.63) is 65.1 Å². The van der Waals surface area contributed by atoms with Gasteiger partial charge in [0.25, 0.3) is 11.6 Å². The van der Waals surface area contributed by atoms with Crippen LogP contribution in [-0.4, -0.2) is 10.8 Å². The molecule has 0 saturated heterocycles. The number of rotatable bonds is 3. The second-order valence-electron chi connectivity index (χ2n) is 4.00. The minimum absolute atomic E-state index is 0.0282. The molecule has 0 bridgehead atoms. The number of nitrogens with zero attached hydrogens (tertiary/aromatic N) is 1. The lowest BCUT2D eigenvalue weighted by Crippen LogP contribution is -2.12. The van der Waals surface area contributed by atoms with Gasteiger partial charge in [-0.3, -0.25) is 14.9 Å². The average Bonchev–Trinajstić information content (AvgIpc) is 2.41. The predicted molar refractivity (Wildman–Crippen MR) is 92.9 cm³/mol. The summed E-state index contributed by atoms with van der Waals surface area (Å²) >= 11 is 11.2. The highest BCUT2D eigenvalue weighted by atomic mass is 127. The summed E-state index contributed by atoms with van der Waals surface area (Å²) < 4.78 is 1.58. The van der Waals surface area contributed by atoms with Gasteiger partial charge in [0, 0.05) is 19.8 Å². The van der Waals surface area contributed by atoms with Crippen LogP contribution in [0, 0.1) is 13.7 Å². The van der Waals surface area contributed by atoms with Crippen molar-refractivity contribution < 1.29 is 9.72 Å².